The van der Waals surface area contributed by atoms with Crippen LogP contribution in [0.2, 0.25) is 5.02 Å². The van der Waals surface area contributed by atoms with E-state index in [4.69, 9.17) is 21.3 Å². The van der Waals surface area contributed by atoms with Gasteiger partial charge >= 0.3 is 0 Å². The molecule has 1 N–H and O–H groups in total. The average Bonchev–Trinajstić information content (AvgIpc) is 2.75. The van der Waals surface area contributed by atoms with Crippen molar-refractivity contribution >= 4 is 41.5 Å². The summed E-state index contributed by atoms with van der Waals surface area (Å²) < 4.78 is 5.79. The summed E-state index contributed by atoms with van der Waals surface area (Å²) in [5.74, 6) is 1.76. The lowest BCUT2D eigenvalue weighted by molar-refractivity contribution is 0.0263. The Balaban J connectivity index is 0.00000320. The summed E-state index contributed by atoms with van der Waals surface area (Å²) in [5.41, 5.74) is 1.23. The summed E-state index contributed by atoms with van der Waals surface area (Å²) in [6, 6.07) is 8.19. The van der Waals surface area contributed by atoms with Gasteiger partial charge in [-0.15, -0.1) is 24.0 Å². The number of likely N-dealkylation sites (tertiary alicyclic amines) is 2. The zero-order valence-electron chi connectivity index (χ0n) is 18.5. The maximum Gasteiger partial charge on any atom is 0.193 e. The molecule has 0 unspecified atom stereocenters. The number of nitrogens with zero attached hydrogens (tertiary/aromatic N) is 3. The number of ether oxygens (including phenoxy) is 1. The van der Waals surface area contributed by atoms with Gasteiger partial charge in [-0.05, 0) is 70.2 Å². The van der Waals surface area contributed by atoms with Crippen LogP contribution in [-0.2, 0) is 11.3 Å². The molecule has 2 aliphatic rings. The summed E-state index contributed by atoms with van der Waals surface area (Å²) in [6.07, 6.45) is 5.03. The normalized spacial score (nSPS) is 19.6. The van der Waals surface area contributed by atoms with Crippen LogP contribution in [0.1, 0.15) is 45.1 Å². The van der Waals surface area contributed by atoms with Gasteiger partial charge in [-0.1, -0.05) is 29.8 Å². The van der Waals surface area contributed by atoms with Crippen LogP contribution in [0.4, 0.5) is 0 Å². The largest absolute Gasteiger partial charge is 0.378 e. The molecule has 2 fully saturated rings. The third kappa shape index (κ3) is 7.84. The molecule has 0 radical (unpaired) electrons. The van der Waals surface area contributed by atoms with Crippen molar-refractivity contribution in [2.75, 3.05) is 45.9 Å². The van der Waals surface area contributed by atoms with Crippen LogP contribution in [0.3, 0.4) is 0 Å². The van der Waals surface area contributed by atoms with Gasteiger partial charge in [0.2, 0.25) is 0 Å². The highest BCUT2D eigenvalue weighted by Gasteiger charge is 2.23. The zero-order chi connectivity index (χ0) is 20.5. The van der Waals surface area contributed by atoms with Gasteiger partial charge in [0.05, 0.1) is 6.10 Å². The van der Waals surface area contributed by atoms with Crippen molar-refractivity contribution in [2.45, 2.75) is 52.2 Å². The van der Waals surface area contributed by atoms with Crippen LogP contribution in [0.5, 0.6) is 0 Å². The van der Waals surface area contributed by atoms with E-state index in [0.717, 1.165) is 76.2 Å². The predicted molar refractivity (Wildman–Crippen MR) is 137 cm³/mol. The van der Waals surface area contributed by atoms with Crippen molar-refractivity contribution in [3.05, 3.63) is 34.9 Å². The SMILES string of the molecule is CCNC(=NCC1CCN(Cc2ccccc2Cl)CC1)N1CCC(OCC)CC1.I. The second-order valence-corrected chi connectivity index (χ2v) is 8.55. The number of hydrogen-bond acceptors (Lipinski definition) is 3. The first-order chi connectivity index (χ1) is 14.2. The molecule has 1 aromatic carbocycles. The molecular weight excluding hydrogens is 511 g/mol. The lowest BCUT2D eigenvalue weighted by Gasteiger charge is -2.35. The molecule has 1 aromatic rings. The quantitative estimate of drug-likeness (QED) is 0.306. The van der Waals surface area contributed by atoms with Crippen molar-refractivity contribution in [1.29, 1.82) is 0 Å². The van der Waals surface area contributed by atoms with Crippen molar-refractivity contribution in [1.82, 2.24) is 15.1 Å². The number of hydrogen-bond donors (Lipinski definition) is 1. The van der Waals surface area contributed by atoms with Gasteiger partial charge in [0.1, 0.15) is 0 Å². The smallest absolute Gasteiger partial charge is 0.193 e. The molecule has 0 aliphatic carbocycles. The number of halogens is 2. The van der Waals surface area contributed by atoms with E-state index in [1.165, 1.54) is 18.4 Å². The Hall–Kier alpha value is -0.570. The molecule has 0 atom stereocenters. The molecular formula is C23H38ClIN4O. The maximum absolute atomic E-state index is 6.32. The minimum Gasteiger partial charge on any atom is -0.378 e. The van der Waals surface area contributed by atoms with E-state index in [0.29, 0.717) is 12.0 Å². The Morgan fingerprint density at radius 2 is 1.80 bits per heavy atom. The van der Waals surface area contributed by atoms with Crippen molar-refractivity contribution in [2.24, 2.45) is 10.9 Å². The molecule has 0 aromatic heterocycles. The third-order valence-electron chi connectivity index (χ3n) is 6.04. The van der Waals surface area contributed by atoms with Gasteiger partial charge in [-0.25, -0.2) is 0 Å². The van der Waals surface area contributed by atoms with E-state index >= 15 is 0 Å². The number of guanidine groups is 1. The van der Waals surface area contributed by atoms with Crippen LogP contribution in [0.25, 0.3) is 0 Å². The first-order valence-corrected chi connectivity index (χ1v) is 11.7. The molecule has 2 aliphatic heterocycles. The van der Waals surface area contributed by atoms with Crippen LogP contribution in [0, 0.1) is 5.92 Å². The summed E-state index contributed by atoms with van der Waals surface area (Å²) >= 11 is 6.32. The van der Waals surface area contributed by atoms with Gasteiger partial charge in [-0.3, -0.25) is 9.89 Å². The number of aliphatic imine (C=N–C) groups is 1. The fourth-order valence-corrected chi connectivity index (χ4v) is 4.50. The molecule has 0 amide bonds. The lowest BCUT2D eigenvalue weighted by atomic mass is 9.96. The molecule has 5 nitrogen and oxygen atoms in total. The average molecular weight is 549 g/mol. The molecule has 0 spiro atoms. The Kier molecular flexibility index (Phi) is 11.8. The minimum atomic E-state index is 0. The highest BCUT2D eigenvalue weighted by Crippen LogP contribution is 2.22. The van der Waals surface area contributed by atoms with Crippen LogP contribution >= 0.6 is 35.6 Å². The number of benzene rings is 1. The number of nitrogens with one attached hydrogen (secondary N) is 1. The first-order valence-electron chi connectivity index (χ1n) is 11.3. The number of rotatable bonds is 7. The minimum absolute atomic E-state index is 0. The van der Waals surface area contributed by atoms with E-state index in [1.807, 2.05) is 12.1 Å². The predicted octanol–water partition coefficient (Wildman–Crippen LogP) is 4.64. The molecule has 7 heteroatoms. The standard InChI is InChI=1S/C23H37ClN4O.HI/c1-3-25-23(28-15-11-21(12-16-28)29-4-2)26-17-19-9-13-27(14-10-19)18-20-7-5-6-8-22(20)24;/h5-8,19,21H,3-4,9-18H2,1-2H3,(H,25,26);1H. The fraction of sp³-hybridized carbons (Fsp3) is 0.696. The molecule has 0 saturated carbocycles. The summed E-state index contributed by atoms with van der Waals surface area (Å²) in [6.45, 7) is 12.2. The Morgan fingerprint density at radius 1 is 1.10 bits per heavy atom. The van der Waals surface area contributed by atoms with E-state index in [2.05, 4.69) is 41.1 Å². The van der Waals surface area contributed by atoms with Crippen molar-refractivity contribution in [3.63, 3.8) is 0 Å². The Labute approximate surface area is 204 Å². The molecule has 2 heterocycles. The zero-order valence-corrected chi connectivity index (χ0v) is 21.6. The van der Waals surface area contributed by atoms with E-state index in [-0.39, 0.29) is 24.0 Å². The van der Waals surface area contributed by atoms with Gasteiger partial charge in [0.25, 0.3) is 0 Å². The Bertz CT molecular complexity index is 644. The second kappa shape index (κ2) is 13.8. The van der Waals surface area contributed by atoms with Crippen LogP contribution < -0.4 is 5.32 Å². The van der Waals surface area contributed by atoms with Crippen LogP contribution in [0.15, 0.2) is 29.3 Å². The summed E-state index contributed by atoms with van der Waals surface area (Å²) in [7, 11) is 0. The monoisotopic (exact) mass is 548 g/mol. The first kappa shape index (κ1) is 25.7. The van der Waals surface area contributed by atoms with Gasteiger partial charge in [0.15, 0.2) is 5.96 Å². The number of piperidine rings is 2. The van der Waals surface area contributed by atoms with Gasteiger partial charge in [-0.2, -0.15) is 0 Å². The van der Waals surface area contributed by atoms with Crippen molar-refractivity contribution < 1.29 is 4.74 Å². The highest BCUT2D eigenvalue weighted by atomic mass is 127. The molecule has 2 saturated heterocycles. The Morgan fingerprint density at radius 3 is 2.43 bits per heavy atom. The summed E-state index contributed by atoms with van der Waals surface area (Å²) in [4.78, 5) is 9.93. The molecule has 30 heavy (non-hydrogen) atoms. The third-order valence-corrected chi connectivity index (χ3v) is 6.41. The van der Waals surface area contributed by atoms with Gasteiger partial charge < -0.3 is 15.0 Å². The van der Waals surface area contributed by atoms with E-state index in [9.17, 15) is 0 Å². The topological polar surface area (TPSA) is 40.1 Å². The lowest BCUT2D eigenvalue weighted by Crippen LogP contribution is -2.47. The maximum atomic E-state index is 6.32. The van der Waals surface area contributed by atoms with E-state index in [1.54, 1.807) is 0 Å². The van der Waals surface area contributed by atoms with Crippen LogP contribution in [-0.4, -0.2) is 67.7 Å². The van der Waals surface area contributed by atoms with Gasteiger partial charge in [0, 0.05) is 44.4 Å². The molecule has 0 bridgehead atoms. The summed E-state index contributed by atoms with van der Waals surface area (Å²) in [5, 5.41) is 4.37. The second-order valence-electron chi connectivity index (χ2n) is 8.15. The highest BCUT2D eigenvalue weighted by molar-refractivity contribution is 14.0. The molecule has 170 valence electrons. The van der Waals surface area contributed by atoms with Crippen molar-refractivity contribution in [3.8, 4) is 0 Å². The fourth-order valence-electron chi connectivity index (χ4n) is 4.31. The molecule has 3 rings (SSSR count). The van der Waals surface area contributed by atoms with E-state index < -0.39 is 0 Å².